The van der Waals surface area contributed by atoms with Gasteiger partial charge in [-0.3, -0.25) is 0 Å². The first-order valence-corrected chi connectivity index (χ1v) is 6.09. The summed E-state index contributed by atoms with van der Waals surface area (Å²) in [6.07, 6.45) is 5.24. The topological polar surface area (TPSA) is 50.7 Å². The Morgan fingerprint density at radius 2 is 2.12 bits per heavy atom. The van der Waals surface area contributed by atoms with Gasteiger partial charge < -0.3 is 5.32 Å². The first-order valence-electron chi connectivity index (χ1n) is 5.21. The molecule has 1 atom stereocenters. The number of aromatic nitrogens is 3. The molecule has 2 rings (SSSR count). The third-order valence-corrected chi connectivity index (χ3v) is 3.36. The second-order valence-electron chi connectivity index (χ2n) is 3.46. The molecular formula is C11H14N4S. The van der Waals surface area contributed by atoms with Crippen molar-refractivity contribution >= 4 is 11.3 Å². The first-order chi connectivity index (χ1) is 7.83. The Morgan fingerprint density at radius 1 is 1.38 bits per heavy atom. The van der Waals surface area contributed by atoms with Gasteiger partial charge in [0.25, 0.3) is 0 Å². The Kier molecular flexibility index (Phi) is 3.58. The molecule has 0 bridgehead atoms. The van der Waals surface area contributed by atoms with Crippen LogP contribution in [0.1, 0.15) is 29.1 Å². The molecule has 0 aliphatic rings. The molecule has 16 heavy (non-hydrogen) atoms. The van der Waals surface area contributed by atoms with Gasteiger partial charge in [-0.05, 0) is 13.5 Å². The van der Waals surface area contributed by atoms with Gasteiger partial charge in [0.2, 0.25) is 0 Å². The van der Waals surface area contributed by atoms with E-state index < -0.39 is 0 Å². The second-order valence-corrected chi connectivity index (χ2v) is 4.35. The number of hydrogen-bond donors (Lipinski definition) is 1. The molecule has 1 unspecified atom stereocenters. The average Bonchev–Trinajstić information content (AvgIpc) is 2.73. The molecule has 5 heteroatoms. The highest BCUT2D eigenvalue weighted by atomic mass is 32.1. The normalized spacial score (nSPS) is 12.6. The predicted octanol–water partition coefficient (Wildman–Crippen LogP) is 1.94. The van der Waals surface area contributed by atoms with Crippen LogP contribution in [0.15, 0.2) is 24.2 Å². The largest absolute Gasteiger partial charge is 0.306 e. The molecule has 0 aliphatic carbocycles. The zero-order valence-corrected chi connectivity index (χ0v) is 10.2. The van der Waals surface area contributed by atoms with Crippen molar-refractivity contribution in [3.05, 3.63) is 40.4 Å². The molecule has 0 fully saturated rings. The highest BCUT2D eigenvalue weighted by Gasteiger charge is 2.17. The van der Waals surface area contributed by atoms with Crippen molar-refractivity contribution in [2.24, 2.45) is 0 Å². The fourth-order valence-corrected chi connectivity index (χ4v) is 2.52. The summed E-state index contributed by atoms with van der Waals surface area (Å²) in [6, 6.07) is 0.152. The maximum atomic E-state index is 4.28. The monoisotopic (exact) mass is 234 g/mol. The number of thiazole rings is 1. The Labute approximate surface area is 98.8 Å². The third kappa shape index (κ3) is 2.25. The van der Waals surface area contributed by atoms with E-state index in [0.717, 1.165) is 17.8 Å². The van der Waals surface area contributed by atoms with E-state index in [0.29, 0.717) is 0 Å². The van der Waals surface area contributed by atoms with E-state index in [2.05, 4.69) is 27.2 Å². The van der Waals surface area contributed by atoms with Crippen LogP contribution in [-0.4, -0.2) is 21.5 Å². The van der Waals surface area contributed by atoms with Gasteiger partial charge >= 0.3 is 0 Å². The van der Waals surface area contributed by atoms with E-state index in [1.807, 2.05) is 24.8 Å². The van der Waals surface area contributed by atoms with E-state index >= 15 is 0 Å². The van der Waals surface area contributed by atoms with Crippen LogP contribution in [-0.2, 0) is 0 Å². The van der Waals surface area contributed by atoms with Crippen LogP contribution in [0.4, 0.5) is 0 Å². The van der Waals surface area contributed by atoms with E-state index in [4.69, 9.17) is 0 Å². The number of hydrogen-bond acceptors (Lipinski definition) is 5. The lowest BCUT2D eigenvalue weighted by molar-refractivity contribution is 0.631. The summed E-state index contributed by atoms with van der Waals surface area (Å²) < 4.78 is 0. The minimum Gasteiger partial charge on any atom is -0.306 e. The van der Waals surface area contributed by atoms with Gasteiger partial charge in [-0.25, -0.2) is 15.0 Å². The highest BCUT2D eigenvalue weighted by Crippen LogP contribution is 2.26. The Morgan fingerprint density at radius 3 is 2.69 bits per heavy atom. The molecule has 0 radical (unpaired) electrons. The van der Waals surface area contributed by atoms with Crippen LogP contribution in [0.2, 0.25) is 0 Å². The molecule has 2 heterocycles. The van der Waals surface area contributed by atoms with Gasteiger partial charge in [0.05, 0.1) is 17.2 Å². The van der Waals surface area contributed by atoms with Gasteiger partial charge in [0.15, 0.2) is 0 Å². The van der Waals surface area contributed by atoms with Crippen LogP contribution in [0.3, 0.4) is 0 Å². The maximum absolute atomic E-state index is 4.28. The molecule has 0 saturated carbocycles. The number of nitrogens with one attached hydrogen (secondary N) is 1. The molecule has 0 saturated heterocycles. The highest BCUT2D eigenvalue weighted by molar-refractivity contribution is 7.09. The minimum absolute atomic E-state index is 0.152. The van der Waals surface area contributed by atoms with E-state index in [9.17, 15) is 0 Å². The average molecular weight is 234 g/mol. The van der Waals surface area contributed by atoms with E-state index in [-0.39, 0.29) is 6.04 Å². The quantitative estimate of drug-likeness (QED) is 0.878. The first kappa shape index (κ1) is 11.2. The summed E-state index contributed by atoms with van der Waals surface area (Å²) >= 11 is 1.66. The van der Waals surface area contributed by atoms with Crippen LogP contribution in [0.5, 0.6) is 0 Å². The lowest BCUT2D eigenvalue weighted by atomic mass is 10.1. The fourth-order valence-electron chi connectivity index (χ4n) is 1.61. The zero-order valence-electron chi connectivity index (χ0n) is 9.34. The van der Waals surface area contributed by atoms with Crippen molar-refractivity contribution in [1.29, 1.82) is 0 Å². The number of aryl methyl sites for hydroxylation is 1. The molecule has 0 spiro atoms. The van der Waals surface area contributed by atoms with Gasteiger partial charge in [-0.2, -0.15) is 0 Å². The molecule has 2 aromatic heterocycles. The van der Waals surface area contributed by atoms with Crippen molar-refractivity contribution in [2.45, 2.75) is 19.9 Å². The molecule has 4 nitrogen and oxygen atoms in total. The van der Waals surface area contributed by atoms with Crippen LogP contribution >= 0.6 is 11.3 Å². The summed E-state index contributed by atoms with van der Waals surface area (Å²) in [5, 5.41) is 3.43. The van der Waals surface area contributed by atoms with Crippen LogP contribution in [0.25, 0.3) is 0 Å². The minimum atomic E-state index is 0.152. The fraction of sp³-hybridized carbons (Fsp3) is 0.364. The zero-order chi connectivity index (χ0) is 11.4. The Balaban J connectivity index is 2.35. The summed E-state index contributed by atoms with van der Waals surface area (Å²) in [6.45, 7) is 5.02. The lowest BCUT2D eigenvalue weighted by Crippen LogP contribution is -2.22. The molecular weight excluding hydrogens is 220 g/mol. The summed E-state index contributed by atoms with van der Waals surface area (Å²) in [4.78, 5) is 13.6. The van der Waals surface area contributed by atoms with Gasteiger partial charge in [0.1, 0.15) is 6.33 Å². The van der Waals surface area contributed by atoms with Crippen LogP contribution < -0.4 is 5.32 Å². The third-order valence-electron chi connectivity index (χ3n) is 2.37. The summed E-state index contributed by atoms with van der Waals surface area (Å²) in [5.41, 5.74) is 4.02. The molecule has 1 N–H and O–H groups in total. The standard InChI is InChI=1S/C11H14N4S/c1-3-14-10(9-4-12-6-13-5-9)11-8(2)15-7-16-11/h4-7,10,14H,3H2,1-2H3. The lowest BCUT2D eigenvalue weighted by Gasteiger charge is -2.16. The maximum Gasteiger partial charge on any atom is 0.115 e. The van der Waals surface area contributed by atoms with Crippen molar-refractivity contribution in [3.8, 4) is 0 Å². The van der Waals surface area contributed by atoms with Gasteiger partial charge in [0, 0.05) is 22.8 Å². The Hall–Kier alpha value is -1.33. The van der Waals surface area contributed by atoms with Crippen LogP contribution in [0, 0.1) is 6.92 Å². The van der Waals surface area contributed by atoms with Gasteiger partial charge in [-0.1, -0.05) is 6.92 Å². The molecule has 84 valence electrons. The SMILES string of the molecule is CCNC(c1cncnc1)c1scnc1C. The number of nitrogens with zero attached hydrogens (tertiary/aromatic N) is 3. The smallest absolute Gasteiger partial charge is 0.115 e. The molecule has 0 aliphatic heterocycles. The molecule has 0 aromatic carbocycles. The van der Waals surface area contributed by atoms with Crippen molar-refractivity contribution in [2.75, 3.05) is 6.54 Å². The Bertz CT molecular complexity index is 440. The number of rotatable bonds is 4. The summed E-state index contributed by atoms with van der Waals surface area (Å²) in [5.74, 6) is 0. The van der Waals surface area contributed by atoms with E-state index in [1.54, 1.807) is 17.7 Å². The second kappa shape index (κ2) is 5.14. The summed E-state index contributed by atoms with van der Waals surface area (Å²) in [7, 11) is 0. The van der Waals surface area contributed by atoms with Crippen molar-refractivity contribution in [1.82, 2.24) is 20.3 Å². The predicted molar refractivity (Wildman–Crippen MR) is 64.4 cm³/mol. The van der Waals surface area contributed by atoms with E-state index in [1.165, 1.54) is 4.88 Å². The van der Waals surface area contributed by atoms with Crippen molar-refractivity contribution in [3.63, 3.8) is 0 Å². The molecule has 2 aromatic rings. The molecule has 0 amide bonds. The van der Waals surface area contributed by atoms with Gasteiger partial charge in [-0.15, -0.1) is 11.3 Å². The van der Waals surface area contributed by atoms with Crippen molar-refractivity contribution < 1.29 is 0 Å².